The minimum atomic E-state index is -5.19. The van der Waals surface area contributed by atoms with Gasteiger partial charge in [0, 0.05) is 26.2 Å². The Morgan fingerprint density at radius 3 is 1.09 bits per heavy atom. The summed E-state index contributed by atoms with van der Waals surface area (Å²) >= 11 is 13.6. The molecule has 9 rings (SSSR count). The van der Waals surface area contributed by atoms with E-state index >= 15 is 0 Å². The van der Waals surface area contributed by atoms with Crippen LogP contribution in [0.3, 0.4) is 0 Å². The average Bonchev–Trinajstić information content (AvgIpc) is 0.746. The summed E-state index contributed by atoms with van der Waals surface area (Å²) in [6.07, 6.45) is -2.71. The van der Waals surface area contributed by atoms with E-state index in [4.69, 9.17) is 32.7 Å². The van der Waals surface area contributed by atoms with Gasteiger partial charge in [0.15, 0.2) is 32.8 Å². The zero-order chi connectivity index (χ0) is 62.6. The van der Waals surface area contributed by atoms with Gasteiger partial charge in [0.25, 0.3) is 60.7 Å². The molecule has 0 saturated heterocycles. The van der Waals surface area contributed by atoms with Crippen LogP contribution in [0.4, 0.5) is 66.7 Å². The van der Waals surface area contributed by atoms with Crippen LogP contribution in [0.5, 0.6) is 23.0 Å². The lowest BCUT2D eigenvalue weighted by atomic mass is 10.2. The second kappa shape index (κ2) is 23.4. The molecule has 0 radical (unpaired) electrons. The van der Waals surface area contributed by atoms with Gasteiger partial charge in [-0.15, -0.1) is 0 Å². The van der Waals surface area contributed by atoms with Crippen molar-refractivity contribution >= 4 is 142 Å². The monoisotopic (exact) mass is 1350 g/mol. The van der Waals surface area contributed by atoms with Gasteiger partial charge in [-0.25, -0.2) is 9.98 Å². The first-order chi connectivity index (χ1) is 40.0. The largest absolute Gasteiger partial charge is 0.450 e. The topological polar surface area (TPSA) is 519 Å². The number of halogens is 4. The predicted molar refractivity (Wildman–Crippen MR) is 292 cm³/mol. The summed E-state index contributed by atoms with van der Waals surface area (Å²) in [5, 5.41) is 14.0. The molecule has 4 heterocycles. The van der Waals surface area contributed by atoms with Crippen LogP contribution < -0.4 is 52.1 Å². The summed E-state index contributed by atoms with van der Waals surface area (Å²) in [6, 6.07) is 8.72. The lowest BCUT2D eigenvalue weighted by Gasteiger charge is -2.24. The van der Waals surface area contributed by atoms with Crippen LogP contribution in [0.15, 0.2) is 100 Å². The zero-order valence-electron chi connectivity index (χ0n) is 42.0. The van der Waals surface area contributed by atoms with Crippen LogP contribution >= 0.6 is 23.2 Å². The smallest absolute Gasteiger partial charge is 0.315 e. The molecule has 0 atom stereocenters. The van der Waals surface area contributed by atoms with Gasteiger partial charge >= 0.3 is 12.2 Å². The van der Waals surface area contributed by atoms with E-state index in [0.717, 1.165) is 0 Å². The molecule has 44 heteroatoms. The molecule has 5 aromatic carbocycles. The molecule has 0 saturated carbocycles. The van der Waals surface area contributed by atoms with Gasteiger partial charge in [0.05, 0.1) is 32.5 Å². The molecule has 2 aromatic heterocycles. The summed E-state index contributed by atoms with van der Waals surface area (Å²) in [5.41, 5.74) is -2.31. The van der Waals surface area contributed by atoms with E-state index in [0.29, 0.717) is 36.4 Å². The summed E-state index contributed by atoms with van der Waals surface area (Å²) in [6.45, 7) is -0.386. The highest BCUT2D eigenvalue weighted by molar-refractivity contribution is 7.87. The number of benzene rings is 5. The van der Waals surface area contributed by atoms with Gasteiger partial charge in [-0.05, 0) is 73.5 Å². The maximum atomic E-state index is 14.5. The SMILES string of the molecule is O=S(=O)(O)c1ccc(S(=O)(=O)O)c(Nc2nc(F)nc(NCCCNc3ccc4c(c3S(=O)(=O)O)Oc3c(Cl)c5c(c(Cl)c3=N4)Oc3c(ccc(NCCCNc4nc(F)nc(Nc6cc(S(=O)(=O)O)ccc6S(=O)(=O)O)n4)c3S(=O)(=O)O)N=5)n2)c1. The number of aromatic nitrogens is 6. The Morgan fingerprint density at radius 1 is 0.407 bits per heavy atom. The maximum Gasteiger partial charge on any atom is 0.315 e. The van der Waals surface area contributed by atoms with Gasteiger partial charge in [-0.2, -0.15) is 89.2 Å². The number of anilines is 8. The van der Waals surface area contributed by atoms with Crippen molar-refractivity contribution in [2.24, 2.45) is 9.98 Å². The Bertz CT molecular complexity index is 4570. The molecule has 0 amide bonds. The molecular formula is C42H34Cl2F2N14O20S6. The molecule has 7 aromatic rings. The molecule has 34 nitrogen and oxygen atoms in total. The number of ether oxygens (including phenoxy) is 2. The fourth-order valence-electron chi connectivity index (χ4n) is 7.94. The fraction of sp³-hybridized carbons (Fsp3) is 0.143. The van der Waals surface area contributed by atoms with E-state index in [9.17, 15) is 86.6 Å². The van der Waals surface area contributed by atoms with E-state index in [1.165, 1.54) is 24.3 Å². The van der Waals surface area contributed by atoms with Crippen LogP contribution in [0.25, 0.3) is 0 Å². The third-order valence-electron chi connectivity index (χ3n) is 11.5. The number of nitrogens with one attached hydrogen (secondary N) is 6. The van der Waals surface area contributed by atoms with E-state index < -0.39 is 170 Å². The van der Waals surface area contributed by atoms with Gasteiger partial charge in [0.2, 0.25) is 23.8 Å². The van der Waals surface area contributed by atoms with Crippen LogP contribution in [-0.4, -0.2) is 134 Å². The van der Waals surface area contributed by atoms with Gasteiger partial charge in [-0.3, -0.25) is 27.3 Å². The van der Waals surface area contributed by atoms with E-state index in [2.05, 4.69) is 71.8 Å². The molecule has 12 N–H and O–H groups in total. The second-order valence-electron chi connectivity index (χ2n) is 17.3. The molecule has 2 aliphatic heterocycles. The number of nitrogens with zero attached hydrogens (tertiary/aromatic N) is 8. The first-order valence-electron chi connectivity index (χ1n) is 23.2. The third kappa shape index (κ3) is 13.8. The minimum absolute atomic E-state index is 0.0630. The summed E-state index contributed by atoms with van der Waals surface area (Å²) < 4.78 is 246. The van der Waals surface area contributed by atoms with E-state index in [1.807, 2.05) is 0 Å². The van der Waals surface area contributed by atoms with Crippen molar-refractivity contribution in [3.8, 4) is 23.0 Å². The standard InChI is InChI=1S/C42H34Cl2F2N14O20S6/c43-27-30-34(80-32-20(52-30)6-8-22(36(32)86(76,77)78)48-12-2-14-50-40-56-38(46)58-42(60-40)54-24-16-18(82(64,65)66)4-10-26(24)84(70,71)72)28(44)29-33(27)79-31-19(51-29)5-7-21(35(31)85(73,74)75)47-11-1-13-49-39-55-37(45)57-41(59-39)53-23-15-17(81(61,62)63)3-9-25(23)83(67,68)69/h3-10,15-16,47-48H,1-2,11-14H2,(H,61,62,63)(H,64,65,66)(H,67,68,69)(H,70,71,72)(H,73,74,75)(H,76,77,78)(H2,49,53,55,57,59)(H2,50,54,56,58,60). The van der Waals surface area contributed by atoms with Crippen LogP contribution in [0, 0.1) is 12.2 Å². The van der Waals surface area contributed by atoms with Crippen molar-refractivity contribution in [2.75, 3.05) is 58.1 Å². The highest BCUT2D eigenvalue weighted by atomic mass is 35.5. The zero-order valence-corrected chi connectivity index (χ0v) is 48.4. The fourth-order valence-corrected chi connectivity index (χ4v) is 12.3. The molecule has 0 aliphatic carbocycles. The summed E-state index contributed by atoms with van der Waals surface area (Å²) in [4.78, 5) is 25.1. The van der Waals surface area contributed by atoms with Crippen molar-refractivity contribution < 1.29 is 96.1 Å². The number of rotatable bonds is 22. The van der Waals surface area contributed by atoms with Crippen LogP contribution in [0.2, 0.25) is 10.0 Å². The molecule has 456 valence electrons. The molecule has 0 fully saturated rings. The molecule has 2 aliphatic rings. The first-order valence-corrected chi connectivity index (χ1v) is 32.6. The highest BCUT2D eigenvalue weighted by Gasteiger charge is 2.35. The number of hydrogen-bond acceptors (Lipinski definition) is 28. The predicted octanol–water partition coefficient (Wildman–Crippen LogP) is 4.55. The normalized spacial score (nSPS) is 13.0. The molecule has 0 spiro atoms. The Hall–Kier alpha value is -7.98. The molecule has 0 unspecified atom stereocenters. The summed E-state index contributed by atoms with van der Waals surface area (Å²) in [7, 11) is -30.2. The Kier molecular flexibility index (Phi) is 17.0. The Morgan fingerprint density at radius 2 is 0.756 bits per heavy atom. The molecule has 0 bridgehead atoms. The highest BCUT2D eigenvalue weighted by Crippen LogP contribution is 2.49. The maximum absolute atomic E-state index is 14.5. The van der Waals surface area contributed by atoms with Crippen LogP contribution in [-0.2, 0) is 60.7 Å². The first kappa shape index (κ1) is 62.5. The Balaban J connectivity index is 0.882. The second-order valence-corrected chi connectivity index (χ2v) is 26.4. The summed E-state index contributed by atoms with van der Waals surface area (Å²) in [5.74, 6) is -4.21. The van der Waals surface area contributed by atoms with Crippen molar-refractivity contribution in [2.45, 2.75) is 42.2 Å². The van der Waals surface area contributed by atoms with E-state index in [-0.39, 0.29) is 72.5 Å². The van der Waals surface area contributed by atoms with Crippen molar-refractivity contribution in [1.82, 2.24) is 29.9 Å². The Labute approximate surface area is 491 Å². The average molecular weight is 1360 g/mol. The minimum Gasteiger partial charge on any atom is -0.450 e. The van der Waals surface area contributed by atoms with Gasteiger partial charge < -0.3 is 41.4 Å². The van der Waals surface area contributed by atoms with Gasteiger partial charge in [0.1, 0.15) is 41.9 Å². The number of fused-ring (bicyclic) bond motifs is 4. The third-order valence-corrected chi connectivity index (χ3v) is 17.5. The van der Waals surface area contributed by atoms with Crippen LogP contribution in [0.1, 0.15) is 12.8 Å². The van der Waals surface area contributed by atoms with Gasteiger partial charge in [-0.1, -0.05) is 23.2 Å². The van der Waals surface area contributed by atoms with Crippen molar-refractivity contribution in [3.63, 3.8) is 0 Å². The van der Waals surface area contributed by atoms with Crippen molar-refractivity contribution in [1.29, 1.82) is 0 Å². The molecule has 86 heavy (non-hydrogen) atoms. The van der Waals surface area contributed by atoms with Crippen molar-refractivity contribution in [3.05, 3.63) is 93.6 Å². The lowest BCUT2D eigenvalue weighted by molar-refractivity contribution is 0.428. The molecular weight excluding hydrogens is 1320 g/mol. The lowest BCUT2D eigenvalue weighted by Crippen LogP contribution is -2.23. The van der Waals surface area contributed by atoms with E-state index in [1.54, 1.807) is 0 Å². The quantitative estimate of drug-likeness (QED) is 0.0327. The number of hydrogen-bond donors (Lipinski definition) is 12.